The first-order valence-corrected chi connectivity index (χ1v) is 9.50. The van der Waals surface area contributed by atoms with Crippen molar-refractivity contribution in [1.29, 1.82) is 0 Å². The molecule has 0 bridgehead atoms. The zero-order valence-corrected chi connectivity index (χ0v) is 15.4. The topological polar surface area (TPSA) is 70.1 Å². The van der Waals surface area contributed by atoms with Crippen LogP contribution < -0.4 is 0 Å². The second-order valence-corrected chi connectivity index (χ2v) is 7.24. The predicted octanol–water partition coefficient (Wildman–Crippen LogP) is 2.55. The van der Waals surface area contributed by atoms with Gasteiger partial charge in [0.15, 0.2) is 0 Å². The lowest BCUT2D eigenvalue weighted by Gasteiger charge is -2.36. The van der Waals surface area contributed by atoms with Crippen LogP contribution in [0.4, 0.5) is 0 Å². The number of likely N-dealkylation sites (tertiary alicyclic amines) is 2. The summed E-state index contributed by atoms with van der Waals surface area (Å²) in [5.74, 6) is -0.288. The molecule has 6 heteroatoms. The maximum absolute atomic E-state index is 11.8. The highest BCUT2D eigenvalue weighted by atomic mass is 16.5. The van der Waals surface area contributed by atoms with Crippen molar-refractivity contribution in [3.05, 3.63) is 29.3 Å². The number of nitrogens with zero attached hydrogens (tertiary/aromatic N) is 2. The van der Waals surface area contributed by atoms with Gasteiger partial charge in [0.1, 0.15) is 11.3 Å². The Morgan fingerprint density at radius 2 is 2.12 bits per heavy atom. The van der Waals surface area contributed by atoms with Gasteiger partial charge < -0.3 is 14.7 Å². The van der Waals surface area contributed by atoms with E-state index in [1.807, 2.05) is 11.0 Å². The molecule has 0 spiro atoms. The van der Waals surface area contributed by atoms with E-state index in [0.717, 1.165) is 51.0 Å². The monoisotopic (exact) mass is 360 g/mol. The van der Waals surface area contributed by atoms with Crippen LogP contribution in [-0.4, -0.2) is 59.6 Å². The van der Waals surface area contributed by atoms with Crippen LogP contribution in [0.25, 0.3) is 0 Å². The van der Waals surface area contributed by atoms with Gasteiger partial charge in [0.2, 0.25) is 5.91 Å². The molecule has 3 rings (SSSR count). The van der Waals surface area contributed by atoms with E-state index in [0.29, 0.717) is 12.5 Å². The molecule has 2 saturated heterocycles. The summed E-state index contributed by atoms with van der Waals surface area (Å²) in [5.41, 5.74) is 1.20. The summed E-state index contributed by atoms with van der Waals surface area (Å²) in [6, 6.07) is 5.59. The lowest BCUT2D eigenvalue weighted by Crippen LogP contribution is -2.41. The van der Waals surface area contributed by atoms with E-state index in [9.17, 15) is 14.7 Å². The molecule has 0 aliphatic carbocycles. The third-order valence-electron chi connectivity index (χ3n) is 5.50. The van der Waals surface area contributed by atoms with E-state index in [4.69, 9.17) is 4.74 Å². The molecule has 0 radical (unpaired) electrons. The average molecular weight is 360 g/mol. The minimum atomic E-state index is -0.521. The number of phenolic OH excluding ortho intramolecular Hbond substituents is 1. The van der Waals surface area contributed by atoms with Crippen molar-refractivity contribution in [3.8, 4) is 5.75 Å². The summed E-state index contributed by atoms with van der Waals surface area (Å²) >= 11 is 0. The van der Waals surface area contributed by atoms with Crippen LogP contribution in [-0.2, 0) is 16.1 Å². The number of methoxy groups -OCH3 is 1. The summed E-state index contributed by atoms with van der Waals surface area (Å²) in [5, 5.41) is 9.87. The van der Waals surface area contributed by atoms with E-state index in [1.54, 1.807) is 12.1 Å². The minimum absolute atomic E-state index is 0.0525. The standard InChI is InChI=1S/C20H28N2O4/c1-26-20(25)17-13-15(7-8-18(17)23)14-22-10-3-2-5-16(22)9-12-21-11-4-6-19(21)24/h7-8,13,16,23H,2-6,9-12,14H2,1H3/t16-/m0/s1. The van der Waals surface area contributed by atoms with E-state index in [2.05, 4.69) is 4.90 Å². The van der Waals surface area contributed by atoms with Crippen LogP contribution in [0.2, 0.25) is 0 Å². The Labute approximate surface area is 154 Å². The Kier molecular flexibility index (Phi) is 6.14. The zero-order valence-electron chi connectivity index (χ0n) is 15.4. The van der Waals surface area contributed by atoms with Gasteiger partial charge in [0.05, 0.1) is 7.11 Å². The smallest absolute Gasteiger partial charge is 0.341 e. The molecule has 0 aromatic heterocycles. The Morgan fingerprint density at radius 3 is 2.85 bits per heavy atom. The molecule has 0 saturated carbocycles. The van der Waals surface area contributed by atoms with Gasteiger partial charge in [-0.1, -0.05) is 12.5 Å². The van der Waals surface area contributed by atoms with Gasteiger partial charge in [-0.3, -0.25) is 9.69 Å². The summed E-state index contributed by atoms with van der Waals surface area (Å²) in [7, 11) is 1.31. The fraction of sp³-hybridized carbons (Fsp3) is 0.600. The molecule has 1 N–H and O–H groups in total. The van der Waals surface area contributed by atoms with Gasteiger partial charge >= 0.3 is 5.97 Å². The van der Waals surface area contributed by atoms with Crippen molar-refractivity contribution < 1.29 is 19.4 Å². The zero-order chi connectivity index (χ0) is 18.5. The molecule has 1 amide bonds. The van der Waals surface area contributed by atoms with E-state index >= 15 is 0 Å². The van der Waals surface area contributed by atoms with Gasteiger partial charge in [0.25, 0.3) is 0 Å². The van der Waals surface area contributed by atoms with Crippen molar-refractivity contribution in [1.82, 2.24) is 9.80 Å². The van der Waals surface area contributed by atoms with Crippen molar-refractivity contribution in [3.63, 3.8) is 0 Å². The highest BCUT2D eigenvalue weighted by Gasteiger charge is 2.26. The largest absolute Gasteiger partial charge is 0.507 e. The highest BCUT2D eigenvalue weighted by molar-refractivity contribution is 5.92. The SMILES string of the molecule is COC(=O)c1cc(CN2CCCC[C@H]2CCN2CCCC2=O)ccc1O. The number of benzene rings is 1. The Morgan fingerprint density at radius 1 is 1.27 bits per heavy atom. The minimum Gasteiger partial charge on any atom is -0.507 e. The number of esters is 1. The van der Waals surface area contributed by atoms with E-state index in [1.165, 1.54) is 20.0 Å². The number of ether oxygens (including phenoxy) is 1. The first kappa shape index (κ1) is 18.7. The van der Waals surface area contributed by atoms with Crippen molar-refractivity contribution in [2.75, 3.05) is 26.7 Å². The van der Waals surface area contributed by atoms with Crippen LogP contribution in [0.5, 0.6) is 5.75 Å². The predicted molar refractivity (Wildman–Crippen MR) is 97.9 cm³/mol. The highest BCUT2D eigenvalue weighted by Crippen LogP contribution is 2.25. The quantitative estimate of drug-likeness (QED) is 0.790. The van der Waals surface area contributed by atoms with Crippen molar-refractivity contribution in [2.24, 2.45) is 0 Å². The van der Waals surface area contributed by atoms with E-state index in [-0.39, 0.29) is 17.2 Å². The lowest BCUT2D eigenvalue weighted by atomic mass is 9.98. The van der Waals surface area contributed by atoms with Gasteiger partial charge in [-0.25, -0.2) is 4.79 Å². The normalized spacial score (nSPS) is 21.2. The third-order valence-corrected chi connectivity index (χ3v) is 5.50. The van der Waals surface area contributed by atoms with Crippen LogP contribution in [0, 0.1) is 0 Å². The molecule has 0 unspecified atom stereocenters. The number of amides is 1. The molecule has 2 fully saturated rings. The average Bonchev–Trinajstić information content (AvgIpc) is 3.07. The number of hydrogen-bond acceptors (Lipinski definition) is 5. The molecular formula is C20H28N2O4. The maximum atomic E-state index is 11.8. The van der Waals surface area contributed by atoms with Gasteiger partial charge in [-0.05, 0) is 49.9 Å². The maximum Gasteiger partial charge on any atom is 0.341 e. The number of carbonyl (C=O) groups is 2. The second-order valence-electron chi connectivity index (χ2n) is 7.24. The summed E-state index contributed by atoms with van der Waals surface area (Å²) in [4.78, 5) is 28.0. The summed E-state index contributed by atoms with van der Waals surface area (Å²) in [6.07, 6.45) is 6.20. The summed E-state index contributed by atoms with van der Waals surface area (Å²) < 4.78 is 4.74. The third kappa shape index (κ3) is 4.36. The van der Waals surface area contributed by atoms with E-state index < -0.39 is 5.97 Å². The summed E-state index contributed by atoms with van der Waals surface area (Å²) in [6.45, 7) is 3.49. The fourth-order valence-corrected chi connectivity index (χ4v) is 4.03. The number of phenols is 1. The second kappa shape index (κ2) is 8.54. The number of rotatable bonds is 6. The molecule has 26 heavy (non-hydrogen) atoms. The van der Waals surface area contributed by atoms with Crippen LogP contribution in [0.3, 0.4) is 0 Å². The van der Waals surface area contributed by atoms with Crippen LogP contribution in [0.15, 0.2) is 18.2 Å². The molecule has 142 valence electrons. The molecular weight excluding hydrogens is 332 g/mol. The number of carbonyl (C=O) groups excluding carboxylic acids is 2. The number of aromatic hydroxyl groups is 1. The lowest BCUT2D eigenvalue weighted by molar-refractivity contribution is -0.127. The molecule has 1 aromatic carbocycles. The van der Waals surface area contributed by atoms with Gasteiger partial charge in [-0.15, -0.1) is 0 Å². The molecule has 1 aromatic rings. The molecule has 6 nitrogen and oxygen atoms in total. The molecule has 2 aliphatic heterocycles. The Hall–Kier alpha value is -2.08. The van der Waals surface area contributed by atoms with Crippen LogP contribution in [0.1, 0.15) is 54.4 Å². The molecule has 1 atom stereocenters. The Balaban J connectivity index is 1.64. The van der Waals surface area contributed by atoms with Gasteiger partial charge in [0, 0.05) is 32.1 Å². The molecule has 2 aliphatic rings. The number of hydrogen-bond donors (Lipinski definition) is 1. The number of piperidine rings is 1. The molecule has 2 heterocycles. The van der Waals surface area contributed by atoms with Crippen molar-refractivity contribution >= 4 is 11.9 Å². The van der Waals surface area contributed by atoms with Crippen LogP contribution >= 0.6 is 0 Å². The Bertz CT molecular complexity index is 661. The first-order valence-electron chi connectivity index (χ1n) is 9.50. The van der Waals surface area contributed by atoms with Gasteiger partial charge in [-0.2, -0.15) is 0 Å². The fourth-order valence-electron chi connectivity index (χ4n) is 4.03. The van der Waals surface area contributed by atoms with Crippen molar-refractivity contribution in [2.45, 2.75) is 51.1 Å². The first-order chi connectivity index (χ1) is 12.6.